The van der Waals surface area contributed by atoms with E-state index in [2.05, 4.69) is 20.3 Å². The number of nitrogens with one attached hydrogen (secondary N) is 1. The summed E-state index contributed by atoms with van der Waals surface area (Å²) in [4.78, 5) is 22.1. The molecule has 0 amide bonds. The van der Waals surface area contributed by atoms with E-state index in [0.29, 0.717) is 6.54 Å². The summed E-state index contributed by atoms with van der Waals surface area (Å²) >= 11 is 0. The Balaban J connectivity index is 1.74. The van der Waals surface area contributed by atoms with Gasteiger partial charge in [-0.15, -0.1) is 0 Å². The molecule has 0 aliphatic carbocycles. The lowest BCUT2D eigenvalue weighted by Gasteiger charge is -2.09. The zero-order valence-corrected chi connectivity index (χ0v) is 13.2. The quantitative estimate of drug-likeness (QED) is 0.549. The molecule has 0 saturated carbocycles. The second-order valence-electron chi connectivity index (χ2n) is 5.69. The van der Waals surface area contributed by atoms with E-state index in [0.717, 1.165) is 39.0 Å². The van der Waals surface area contributed by atoms with E-state index >= 15 is 0 Å². The molecule has 0 aromatic carbocycles. The smallest absolute Gasteiger partial charge is 0.153 e. The number of nitrogens with zero attached hydrogens (tertiary/aromatic N) is 6. The molecule has 0 aliphatic heterocycles. The third kappa shape index (κ3) is 2.25. The van der Waals surface area contributed by atoms with Gasteiger partial charge in [0.05, 0.1) is 5.52 Å². The summed E-state index contributed by atoms with van der Waals surface area (Å²) in [6.45, 7) is 0.625. The van der Waals surface area contributed by atoms with Gasteiger partial charge in [0.15, 0.2) is 5.82 Å². The van der Waals surface area contributed by atoms with Crippen LogP contribution in [0, 0.1) is 0 Å². The molecule has 5 aromatic heterocycles. The van der Waals surface area contributed by atoms with Crippen LogP contribution in [0.1, 0.15) is 5.56 Å². The van der Waals surface area contributed by atoms with Gasteiger partial charge in [-0.1, -0.05) is 6.07 Å². The second kappa shape index (κ2) is 5.48. The number of hydrogen-bond acceptors (Lipinski definition) is 6. The predicted octanol–water partition coefficient (Wildman–Crippen LogP) is 2.83. The monoisotopic (exact) mass is 327 g/mol. The van der Waals surface area contributed by atoms with Crippen molar-refractivity contribution in [2.24, 2.45) is 0 Å². The number of hydrogen-bond donors (Lipinski definition) is 1. The molecular weight excluding hydrogens is 314 g/mol. The van der Waals surface area contributed by atoms with Gasteiger partial charge in [-0.2, -0.15) is 0 Å². The number of aromatic nitrogens is 6. The van der Waals surface area contributed by atoms with Gasteiger partial charge in [0.2, 0.25) is 0 Å². The Morgan fingerprint density at radius 2 is 1.84 bits per heavy atom. The Morgan fingerprint density at radius 1 is 0.920 bits per heavy atom. The lowest BCUT2D eigenvalue weighted by atomic mass is 10.2. The highest BCUT2D eigenvalue weighted by molar-refractivity contribution is 6.07. The van der Waals surface area contributed by atoms with Crippen molar-refractivity contribution in [1.82, 2.24) is 29.3 Å². The molecular formula is C18H13N7. The van der Waals surface area contributed by atoms with E-state index in [9.17, 15) is 0 Å². The Hall–Kier alpha value is -3.61. The van der Waals surface area contributed by atoms with Crippen LogP contribution in [0.15, 0.2) is 61.6 Å². The third-order valence-electron chi connectivity index (χ3n) is 4.12. The average molecular weight is 327 g/mol. The van der Waals surface area contributed by atoms with Crippen molar-refractivity contribution in [3.63, 3.8) is 0 Å². The Bertz CT molecular complexity index is 1200. The topological polar surface area (TPSA) is 80.9 Å². The Labute approximate surface area is 142 Å². The van der Waals surface area contributed by atoms with E-state index in [1.807, 2.05) is 34.9 Å². The number of imidazole rings is 1. The zero-order chi connectivity index (χ0) is 16.6. The van der Waals surface area contributed by atoms with Crippen molar-refractivity contribution in [3.05, 3.63) is 67.1 Å². The van der Waals surface area contributed by atoms with E-state index in [1.165, 1.54) is 0 Å². The van der Waals surface area contributed by atoms with Gasteiger partial charge >= 0.3 is 0 Å². The molecule has 0 fully saturated rings. The molecule has 0 radical (unpaired) electrons. The van der Waals surface area contributed by atoms with Crippen molar-refractivity contribution in [2.75, 3.05) is 5.32 Å². The summed E-state index contributed by atoms with van der Waals surface area (Å²) in [5, 5.41) is 4.34. The molecule has 7 heteroatoms. The molecule has 0 unspecified atom stereocenters. The first-order chi connectivity index (χ1) is 12.4. The predicted molar refractivity (Wildman–Crippen MR) is 95.2 cm³/mol. The summed E-state index contributed by atoms with van der Waals surface area (Å²) in [6.07, 6.45) is 10.6. The molecule has 1 N–H and O–H groups in total. The molecule has 25 heavy (non-hydrogen) atoms. The molecule has 120 valence electrons. The van der Waals surface area contributed by atoms with Crippen molar-refractivity contribution < 1.29 is 0 Å². The van der Waals surface area contributed by atoms with Gasteiger partial charge in [0.25, 0.3) is 0 Å². The van der Waals surface area contributed by atoms with Crippen molar-refractivity contribution in [1.29, 1.82) is 0 Å². The van der Waals surface area contributed by atoms with Crippen molar-refractivity contribution >= 4 is 33.4 Å². The number of rotatable bonds is 3. The zero-order valence-electron chi connectivity index (χ0n) is 13.2. The van der Waals surface area contributed by atoms with E-state index in [1.54, 1.807) is 31.1 Å². The van der Waals surface area contributed by atoms with E-state index in [-0.39, 0.29) is 0 Å². The standard InChI is InChI=1S/C18H13N7/c1-2-12(8-19-5-1)9-22-18-17-16(13-10-20-6-3-14(13)23-18)24-15-4-7-21-11-25(15)17/h1-8,10-11H,9H2,(H,22,23). The highest BCUT2D eigenvalue weighted by atomic mass is 15.1. The maximum Gasteiger partial charge on any atom is 0.153 e. The first-order valence-electron chi connectivity index (χ1n) is 7.88. The van der Waals surface area contributed by atoms with Crippen LogP contribution in [0.25, 0.3) is 27.6 Å². The highest BCUT2D eigenvalue weighted by Gasteiger charge is 2.15. The molecule has 0 bridgehead atoms. The van der Waals surface area contributed by atoms with E-state index < -0.39 is 0 Å². The van der Waals surface area contributed by atoms with Gasteiger partial charge in [-0.25, -0.2) is 15.0 Å². The molecule has 0 spiro atoms. The molecule has 5 aromatic rings. The molecule has 5 rings (SSSR count). The largest absolute Gasteiger partial charge is 0.364 e. The van der Waals surface area contributed by atoms with Crippen LogP contribution in [-0.4, -0.2) is 29.3 Å². The van der Waals surface area contributed by atoms with Gasteiger partial charge in [-0.3, -0.25) is 14.4 Å². The average Bonchev–Trinajstić information content (AvgIpc) is 3.07. The first-order valence-corrected chi connectivity index (χ1v) is 7.88. The summed E-state index contributed by atoms with van der Waals surface area (Å²) in [5.41, 5.74) is 4.52. The van der Waals surface area contributed by atoms with Gasteiger partial charge in [-0.05, 0) is 23.8 Å². The summed E-state index contributed by atoms with van der Waals surface area (Å²) < 4.78 is 1.94. The fourth-order valence-corrected chi connectivity index (χ4v) is 2.97. The molecule has 0 saturated heterocycles. The number of fused-ring (bicyclic) bond motifs is 5. The van der Waals surface area contributed by atoms with Crippen LogP contribution in [0.4, 0.5) is 5.82 Å². The third-order valence-corrected chi connectivity index (χ3v) is 4.12. The lowest BCUT2D eigenvalue weighted by molar-refractivity contribution is 1.08. The minimum atomic E-state index is 0.625. The highest BCUT2D eigenvalue weighted by Crippen LogP contribution is 2.29. The fraction of sp³-hybridized carbons (Fsp3) is 0.0556. The molecule has 7 nitrogen and oxygen atoms in total. The summed E-state index contributed by atoms with van der Waals surface area (Å²) in [7, 11) is 0. The maximum atomic E-state index is 4.78. The normalized spacial score (nSPS) is 11.4. The van der Waals surface area contributed by atoms with Gasteiger partial charge < -0.3 is 5.32 Å². The first kappa shape index (κ1) is 13.8. The SMILES string of the molecule is c1cncc(CNc2nc3ccncc3c3nc4ccncn4c23)c1. The van der Waals surface area contributed by atoms with Crippen LogP contribution < -0.4 is 5.32 Å². The van der Waals surface area contributed by atoms with Crippen LogP contribution in [0.2, 0.25) is 0 Å². The molecule has 0 atom stereocenters. The van der Waals surface area contributed by atoms with Crippen molar-refractivity contribution in [3.8, 4) is 0 Å². The Kier molecular flexibility index (Phi) is 3.03. The molecule has 5 heterocycles. The Morgan fingerprint density at radius 3 is 2.76 bits per heavy atom. The van der Waals surface area contributed by atoms with Crippen LogP contribution >= 0.6 is 0 Å². The van der Waals surface area contributed by atoms with E-state index in [4.69, 9.17) is 9.97 Å². The van der Waals surface area contributed by atoms with Gasteiger partial charge in [0, 0.05) is 42.9 Å². The van der Waals surface area contributed by atoms with Crippen LogP contribution in [0.3, 0.4) is 0 Å². The fourth-order valence-electron chi connectivity index (χ4n) is 2.97. The van der Waals surface area contributed by atoms with Crippen molar-refractivity contribution in [2.45, 2.75) is 6.54 Å². The number of pyridine rings is 3. The second-order valence-corrected chi connectivity index (χ2v) is 5.69. The number of anilines is 1. The van der Waals surface area contributed by atoms with Crippen LogP contribution in [0.5, 0.6) is 0 Å². The maximum absolute atomic E-state index is 4.78. The minimum absolute atomic E-state index is 0.625. The summed E-state index contributed by atoms with van der Waals surface area (Å²) in [6, 6.07) is 7.72. The van der Waals surface area contributed by atoms with Gasteiger partial charge in [0.1, 0.15) is 23.0 Å². The minimum Gasteiger partial charge on any atom is -0.364 e. The lowest BCUT2D eigenvalue weighted by Crippen LogP contribution is -2.04. The van der Waals surface area contributed by atoms with Crippen LogP contribution in [-0.2, 0) is 6.54 Å². The summed E-state index contributed by atoms with van der Waals surface area (Å²) in [5.74, 6) is 0.762. The molecule has 0 aliphatic rings.